The van der Waals surface area contributed by atoms with E-state index in [1.165, 1.54) is 6.07 Å². The number of hydrogen-bond donors (Lipinski definition) is 2. The van der Waals surface area contributed by atoms with E-state index < -0.39 is 23.3 Å². The number of ether oxygens (including phenoxy) is 1. The number of carbonyl (C=O) groups is 1. The van der Waals surface area contributed by atoms with Gasteiger partial charge in [0.15, 0.2) is 5.69 Å². The molecule has 0 spiro atoms. The molecule has 6 nitrogen and oxygen atoms in total. The molecule has 0 aliphatic carbocycles. The number of hydrogen-bond acceptors (Lipinski definition) is 5. The van der Waals surface area contributed by atoms with Gasteiger partial charge in [0.25, 0.3) is 5.91 Å². The Morgan fingerprint density at radius 2 is 2.19 bits per heavy atom. The SMILES string of the molecule is O=C(NCC1CCCO1)c1cnc(Nc2cccc(Cl)c2)nc1C(F)(F)F. The van der Waals surface area contributed by atoms with E-state index in [1.807, 2.05) is 0 Å². The molecule has 27 heavy (non-hydrogen) atoms. The second kappa shape index (κ2) is 8.10. The van der Waals surface area contributed by atoms with Gasteiger partial charge in [-0.2, -0.15) is 13.2 Å². The number of alkyl halides is 3. The van der Waals surface area contributed by atoms with Crippen molar-refractivity contribution in [2.24, 2.45) is 0 Å². The standard InChI is InChI=1S/C17H16ClF3N4O2/c18-10-3-1-4-11(7-10)24-16-23-9-13(14(25-16)17(19,20)21)15(26)22-8-12-5-2-6-27-12/h1,3-4,7,9,12H,2,5-6,8H2,(H,22,26)(H,23,24,25). The average molecular weight is 401 g/mol. The number of benzene rings is 1. The summed E-state index contributed by atoms with van der Waals surface area (Å²) in [6.45, 7) is 0.722. The molecule has 144 valence electrons. The lowest BCUT2D eigenvalue weighted by molar-refractivity contribution is -0.141. The third-order valence-electron chi connectivity index (χ3n) is 3.90. The molecule has 1 aliphatic rings. The minimum Gasteiger partial charge on any atom is -0.376 e. The molecule has 0 radical (unpaired) electrons. The maximum atomic E-state index is 13.4. The zero-order valence-electron chi connectivity index (χ0n) is 14.0. The quantitative estimate of drug-likeness (QED) is 0.798. The summed E-state index contributed by atoms with van der Waals surface area (Å²) in [6.07, 6.45) is -2.53. The van der Waals surface area contributed by atoms with E-state index in [0.717, 1.165) is 19.0 Å². The van der Waals surface area contributed by atoms with Crippen LogP contribution in [0, 0.1) is 0 Å². The Balaban J connectivity index is 1.80. The Bertz CT molecular complexity index is 826. The van der Waals surface area contributed by atoms with E-state index in [4.69, 9.17) is 16.3 Å². The highest BCUT2D eigenvalue weighted by molar-refractivity contribution is 6.30. The number of rotatable bonds is 5. The van der Waals surface area contributed by atoms with Gasteiger partial charge in [-0.1, -0.05) is 17.7 Å². The Kier molecular flexibility index (Phi) is 5.81. The summed E-state index contributed by atoms with van der Waals surface area (Å²) >= 11 is 5.85. The Morgan fingerprint density at radius 3 is 2.85 bits per heavy atom. The number of anilines is 2. The van der Waals surface area contributed by atoms with Crippen molar-refractivity contribution in [3.63, 3.8) is 0 Å². The van der Waals surface area contributed by atoms with Crippen LogP contribution in [0.5, 0.6) is 0 Å². The van der Waals surface area contributed by atoms with E-state index in [2.05, 4.69) is 20.6 Å². The smallest absolute Gasteiger partial charge is 0.376 e. The molecule has 1 saturated heterocycles. The van der Waals surface area contributed by atoms with Gasteiger partial charge in [-0.3, -0.25) is 4.79 Å². The average Bonchev–Trinajstić information content (AvgIpc) is 3.12. The largest absolute Gasteiger partial charge is 0.434 e. The predicted octanol–water partition coefficient (Wildman–Crippen LogP) is 3.80. The van der Waals surface area contributed by atoms with Gasteiger partial charge in [0.1, 0.15) is 0 Å². The van der Waals surface area contributed by atoms with Gasteiger partial charge in [-0.15, -0.1) is 0 Å². The topological polar surface area (TPSA) is 76.1 Å². The van der Waals surface area contributed by atoms with Gasteiger partial charge in [0.2, 0.25) is 5.95 Å². The molecular weight excluding hydrogens is 385 g/mol. The summed E-state index contributed by atoms with van der Waals surface area (Å²) in [5.74, 6) is -1.19. The molecule has 1 unspecified atom stereocenters. The summed E-state index contributed by atoms with van der Waals surface area (Å²) in [6, 6.07) is 6.36. The molecule has 1 aliphatic heterocycles. The van der Waals surface area contributed by atoms with Gasteiger partial charge in [-0.25, -0.2) is 9.97 Å². The van der Waals surface area contributed by atoms with Gasteiger partial charge in [-0.05, 0) is 31.0 Å². The third-order valence-corrected chi connectivity index (χ3v) is 4.13. The zero-order valence-corrected chi connectivity index (χ0v) is 14.8. The maximum Gasteiger partial charge on any atom is 0.434 e. The van der Waals surface area contributed by atoms with Crippen LogP contribution in [-0.4, -0.2) is 35.1 Å². The first kappa shape index (κ1) is 19.4. The summed E-state index contributed by atoms with van der Waals surface area (Å²) < 4.78 is 45.5. The summed E-state index contributed by atoms with van der Waals surface area (Å²) in [5.41, 5.74) is -1.53. The monoisotopic (exact) mass is 400 g/mol. The van der Waals surface area contributed by atoms with Crippen LogP contribution in [0.1, 0.15) is 28.9 Å². The van der Waals surface area contributed by atoms with Crippen LogP contribution in [0.25, 0.3) is 0 Å². The van der Waals surface area contributed by atoms with E-state index in [9.17, 15) is 18.0 Å². The maximum absolute atomic E-state index is 13.4. The number of halogens is 4. The summed E-state index contributed by atoms with van der Waals surface area (Å²) in [4.78, 5) is 19.5. The molecule has 1 atom stereocenters. The fourth-order valence-electron chi connectivity index (χ4n) is 2.63. The van der Waals surface area contributed by atoms with Crippen LogP contribution < -0.4 is 10.6 Å². The van der Waals surface area contributed by atoms with E-state index >= 15 is 0 Å². The molecule has 1 aromatic carbocycles. The van der Waals surface area contributed by atoms with Crippen LogP contribution >= 0.6 is 11.6 Å². The normalized spacial score (nSPS) is 17.0. The van der Waals surface area contributed by atoms with E-state index in [0.29, 0.717) is 17.3 Å². The first-order valence-corrected chi connectivity index (χ1v) is 8.57. The van der Waals surface area contributed by atoms with Crippen LogP contribution in [0.3, 0.4) is 0 Å². The number of aromatic nitrogens is 2. The molecule has 1 aromatic heterocycles. The molecule has 0 saturated carbocycles. The first-order valence-electron chi connectivity index (χ1n) is 8.19. The Labute approximate surface area is 158 Å². The fourth-order valence-corrected chi connectivity index (χ4v) is 2.82. The lowest BCUT2D eigenvalue weighted by Crippen LogP contribution is -2.33. The number of carbonyl (C=O) groups excluding carboxylic acids is 1. The van der Waals surface area contributed by atoms with Crippen LogP contribution in [-0.2, 0) is 10.9 Å². The molecule has 10 heteroatoms. The van der Waals surface area contributed by atoms with Crippen LogP contribution in [0.15, 0.2) is 30.5 Å². The van der Waals surface area contributed by atoms with Crippen LogP contribution in [0.2, 0.25) is 5.02 Å². The highest BCUT2D eigenvalue weighted by atomic mass is 35.5. The third kappa shape index (κ3) is 5.08. The molecule has 1 amide bonds. The molecule has 3 rings (SSSR count). The van der Waals surface area contributed by atoms with Crippen molar-refractivity contribution < 1.29 is 22.7 Å². The lowest BCUT2D eigenvalue weighted by Gasteiger charge is -2.15. The van der Waals surface area contributed by atoms with Crippen LogP contribution in [0.4, 0.5) is 24.8 Å². The van der Waals surface area contributed by atoms with Crippen molar-refractivity contribution in [3.05, 3.63) is 46.7 Å². The van der Waals surface area contributed by atoms with E-state index in [1.54, 1.807) is 18.2 Å². The van der Waals surface area contributed by atoms with Gasteiger partial charge in [0.05, 0.1) is 11.7 Å². The Hall–Kier alpha value is -2.39. The highest BCUT2D eigenvalue weighted by Gasteiger charge is 2.38. The molecule has 2 N–H and O–H groups in total. The lowest BCUT2D eigenvalue weighted by atomic mass is 10.2. The van der Waals surface area contributed by atoms with Crippen molar-refractivity contribution in [3.8, 4) is 0 Å². The van der Waals surface area contributed by atoms with E-state index in [-0.39, 0.29) is 18.6 Å². The van der Waals surface area contributed by atoms with Crippen molar-refractivity contribution >= 4 is 29.1 Å². The minimum atomic E-state index is -4.82. The van der Waals surface area contributed by atoms with Crippen molar-refractivity contribution in [1.82, 2.24) is 15.3 Å². The number of nitrogens with one attached hydrogen (secondary N) is 2. The number of nitrogens with zero attached hydrogens (tertiary/aromatic N) is 2. The van der Waals surface area contributed by atoms with Crippen molar-refractivity contribution in [1.29, 1.82) is 0 Å². The molecule has 2 heterocycles. The second-order valence-electron chi connectivity index (χ2n) is 5.93. The molecular formula is C17H16ClF3N4O2. The summed E-state index contributed by atoms with van der Waals surface area (Å²) in [5, 5.41) is 5.49. The Morgan fingerprint density at radius 1 is 1.37 bits per heavy atom. The zero-order chi connectivity index (χ0) is 19.4. The van der Waals surface area contributed by atoms with Gasteiger partial charge in [0, 0.05) is 30.1 Å². The van der Waals surface area contributed by atoms with Crippen molar-refractivity contribution in [2.45, 2.75) is 25.1 Å². The molecule has 1 fully saturated rings. The second-order valence-corrected chi connectivity index (χ2v) is 6.37. The van der Waals surface area contributed by atoms with Gasteiger partial charge < -0.3 is 15.4 Å². The van der Waals surface area contributed by atoms with Crippen molar-refractivity contribution in [2.75, 3.05) is 18.5 Å². The molecule has 2 aromatic rings. The number of amides is 1. The first-order chi connectivity index (χ1) is 12.8. The minimum absolute atomic E-state index is 0.138. The fraction of sp³-hybridized carbons (Fsp3) is 0.353. The summed E-state index contributed by atoms with van der Waals surface area (Å²) in [7, 11) is 0. The van der Waals surface area contributed by atoms with Gasteiger partial charge >= 0.3 is 6.18 Å². The highest BCUT2D eigenvalue weighted by Crippen LogP contribution is 2.31. The molecule has 0 bridgehead atoms. The predicted molar refractivity (Wildman–Crippen MR) is 93.1 cm³/mol.